The largest absolute Gasteiger partial charge is 0.299 e. The predicted octanol–water partition coefficient (Wildman–Crippen LogP) is 2.01. The summed E-state index contributed by atoms with van der Waals surface area (Å²) >= 11 is 0. The average Bonchev–Trinajstić information content (AvgIpc) is 1.83. The van der Waals surface area contributed by atoms with E-state index in [0.717, 1.165) is 12.8 Å². The highest BCUT2D eigenvalue weighted by molar-refractivity contribution is 5.81. The number of hydrogen-bond donors (Lipinski definition) is 0. The molecule has 0 spiro atoms. The molecule has 1 saturated carbocycles. The van der Waals surface area contributed by atoms with Gasteiger partial charge in [0.15, 0.2) is 0 Å². The minimum atomic E-state index is 0.332. The van der Waals surface area contributed by atoms with Crippen LogP contribution in [0.5, 0.6) is 0 Å². The van der Waals surface area contributed by atoms with Crippen molar-refractivity contribution in [1.29, 1.82) is 0 Å². The predicted molar refractivity (Wildman–Crippen MR) is 37.2 cm³/mol. The van der Waals surface area contributed by atoms with Gasteiger partial charge in [-0.1, -0.05) is 13.8 Å². The lowest BCUT2D eigenvalue weighted by atomic mass is 9.81. The van der Waals surface area contributed by atoms with Gasteiger partial charge in [0, 0.05) is 12.3 Å². The summed E-state index contributed by atoms with van der Waals surface area (Å²) in [5.74, 6) is 1.43. The van der Waals surface area contributed by atoms with E-state index in [9.17, 15) is 4.79 Å². The zero-order valence-corrected chi connectivity index (χ0v) is 6.18. The van der Waals surface area contributed by atoms with Gasteiger partial charge in [0.1, 0.15) is 5.78 Å². The second-order valence-electron chi connectivity index (χ2n) is 3.12. The van der Waals surface area contributed by atoms with Crippen LogP contribution in [0.3, 0.4) is 0 Å². The molecule has 0 aromatic carbocycles. The molecule has 0 saturated heterocycles. The Kier molecular flexibility index (Phi) is 1.89. The number of carbonyl (C=O) groups is 1. The van der Waals surface area contributed by atoms with E-state index in [2.05, 4.69) is 6.92 Å². The van der Waals surface area contributed by atoms with Gasteiger partial charge in [0.05, 0.1) is 0 Å². The molecule has 0 amide bonds. The Labute approximate surface area is 56.4 Å². The number of rotatable bonds is 0. The van der Waals surface area contributed by atoms with Gasteiger partial charge in [-0.05, 0) is 18.8 Å². The molecule has 1 rings (SSSR count). The summed E-state index contributed by atoms with van der Waals surface area (Å²) in [6.45, 7) is 4.22. The molecule has 1 aliphatic carbocycles. The third kappa shape index (κ3) is 1.32. The Bertz CT molecular complexity index is 118. The van der Waals surface area contributed by atoms with Crippen LogP contribution in [-0.4, -0.2) is 5.78 Å². The van der Waals surface area contributed by atoms with Crippen LogP contribution in [0, 0.1) is 11.8 Å². The van der Waals surface area contributed by atoms with Gasteiger partial charge in [0.25, 0.3) is 0 Å². The first kappa shape index (κ1) is 6.79. The van der Waals surface area contributed by atoms with Crippen molar-refractivity contribution in [2.75, 3.05) is 0 Å². The molecule has 1 nitrogen and oxygen atoms in total. The van der Waals surface area contributed by atoms with E-state index in [1.54, 1.807) is 0 Å². The summed E-state index contributed by atoms with van der Waals surface area (Å²) in [6.07, 6.45) is 3.18. The van der Waals surface area contributed by atoms with E-state index in [1.165, 1.54) is 6.42 Å². The van der Waals surface area contributed by atoms with Gasteiger partial charge in [-0.25, -0.2) is 0 Å². The molecule has 0 bridgehead atoms. The number of Topliss-reactive ketones (excluding diaryl/α,β-unsaturated/α-hetero) is 1. The van der Waals surface area contributed by atoms with E-state index in [-0.39, 0.29) is 0 Å². The summed E-state index contributed by atoms with van der Waals surface area (Å²) in [7, 11) is 0. The summed E-state index contributed by atoms with van der Waals surface area (Å²) in [6, 6.07) is 0. The van der Waals surface area contributed by atoms with Crippen LogP contribution in [0.4, 0.5) is 0 Å². The normalized spacial score (nSPS) is 36.9. The fourth-order valence-electron chi connectivity index (χ4n) is 1.39. The quantitative estimate of drug-likeness (QED) is 0.485. The molecule has 0 aliphatic heterocycles. The maximum absolute atomic E-state index is 11.0. The Morgan fingerprint density at radius 2 is 2.11 bits per heavy atom. The molecule has 9 heavy (non-hydrogen) atoms. The number of carbonyl (C=O) groups excluding carboxylic acids is 1. The third-order valence-electron chi connectivity index (χ3n) is 2.44. The standard InChI is InChI=1S/C8H14O/c1-6-4-3-5-8(9)7(6)2/h6-7H,3-5H2,1-2H3. The lowest BCUT2D eigenvalue weighted by molar-refractivity contribution is -0.125. The first-order chi connectivity index (χ1) is 4.22. The molecule has 0 aromatic rings. The average molecular weight is 126 g/mol. The Balaban J connectivity index is 2.51. The first-order valence-electron chi connectivity index (χ1n) is 3.74. The van der Waals surface area contributed by atoms with Gasteiger partial charge < -0.3 is 0 Å². The van der Waals surface area contributed by atoms with Crippen molar-refractivity contribution in [3.8, 4) is 0 Å². The zero-order chi connectivity index (χ0) is 6.85. The second-order valence-corrected chi connectivity index (χ2v) is 3.12. The molecule has 0 heterocycles. The van der Waals surface area contributed by atoms with Crippen molar-refractivity contribution < 1.29 is 4.79 Å². The van der Waals surface area contributed by atoms with Crippen molar-refractivity contribution in [3.05, 3.63) is 0 Å². The monoisotopic (exact) mass is 126 g/mol. The van der Waals surface area contributed by atoms with Gasteiger partial charge in [-0.3, -0.25) is 4.79 Å². The second kappa shape index (κ2) is 2.51. The van der Waals surface area contributed by atoms with E-state index >= 15 is 0 Å². The van der Waals surface area contributed by atoms with Crippen LogP contribution in [0.25, 0.3) is 0 Å². The fraction of sp³-hybridized carbons (Fsp3) is 0.875. The molecule has 0 N–H and O–H groups in total. The van der Waals surface area contributed by atoms with Crippen LogP contribution in [0.15, 0.2) is 0 Å². The van der Waals surface area contributed by atoms with E-state index in [1.807, 2.05) is 6.92 Å². The Hall–Kier alpha value is -0.330. The number of hydrogen-bond acceptors (Lipinski definition) is 1. The van der Waals surface area contributed by atoms with Gasteiger partial charge >= 0.3 is 0 Å². The molecule has 1 heteroatoms. The third-order valence-corrected chi connectivity index (χ3v) is 2.44. The minimum Gasteiger partial charge on any atom is -0.299 e. The molecular weight excluding hydrogens is 112 g/mol. The highest BCUT2D eigenvalue weighted by Gasteiger charge is 2.23. The molecular formula is C8H14O. The van der Waals surface area contributed by atoms with Crippen molar-refractivity contribution in [2.45, 2.75) is 33.1 Å². The molecule has 1 fully saturated rings. The fourth-order valence-corrected chi connectivity index (χ4v) is 1.39. The Morgan fingerprint density at radius 1 is 1.44 bits per heavy atom. The molecule has 1 aliphatic rings. The van der Waals surface area contributed by atoms with Crippen LogP contribution >= 0.6 is 0 Å². The minimum absolute atomic E-state index is 0.332. The summed E-state index contributed by atoms with van der Waals surface area (Å²) in [5.41, 5.74) is 0. The molecule has 52 valence electrons. The van der Waals surface area contributed by atoms with Crippen LogP contribution < -0.4 is 0 Å². The van der Waals surface area contributed by atoms with Crippen molar-refractivity contribution in [1.82, 2.24) is 0 Å². The van der Waals surface area contributed by atoms with Gasteiger partial charge in [0.2, 0.25) is 0 Å². The smallest absolute Gasteiger partial charge is 0.135 e. The molecule has 0 radical (unpaired) electrons. The van der Waals surface area contributed by atoms with Crippen molar-refractivity contribution in [2.24, 2.45) is 11.8 Å². The zero-order valence-electron chi connectivity index (χ0n) is 6.18. The first-order valence-corrected chi connectivity index (χ1v) is 3.74. The highest BCUT2D eigenvalue weighted by Crippen LogP contribution is 2.25. The SMILES string of the molecule is CC1CCCC(=O)C1C. The van der Waals surface area contributed by atoms with E-state index in [0.29, 0.717) is 17.6 Å². The van der Waals surface area contributed by atoms with Crippen LogP contribution in [0.1, 0.15) is 33.1 Å². The van der Waals surface area contributed by atoms with E-state index in [4.69, 9.17) is 0 Å². The molecule has 2 unspecified atom stereocenters. The lowest BCUT2D eigenvalue weighted by Crippen LogP contribution is -2.23. The summed E-state index contributed by atoms with van der Waals surface area (Å²) in [4.78, 5) is 11.0. The van der Waals surface area contributed by atoms with Crippen molar-refractivity contribution >= 4 is 5.78 Å². The van der Waals surface area contributed by atoms with Crippen LogP contribution in [0.2, 0.25) is 0 Å². The van der Waals surface area contributed by atoms with E-state index < -0.39 is 0 Å². The van der Waals surface area contributed by atoms with Crippen molar-refractivity contribution in [3.63, 3.8) is 0 Å². The Morgan fingerprint density at radius 3 is 2.56 bits per heavy atom. The number of ketones is 1. The summed E-state index contributed by atoms with van der Waals surface area (Å²) < 4.78 is 0. The molecule has 2 atom stereocenters. The van der Waals surface area contributed by atoms with Crippen LogP contribution in [-0.2, 0) is 4.79 Å². The van der Waals surface area contributed by atoms with Gasteiger partial charge in [-0.2, -0.15) is 0 Å². The summed E-state index contributed by atoms with van der Waals surface area (Å²) in [5, 5.41) is 0. The maximum atomic E-state index is 11.0. The maximum Gasteiger partial charge on any atom is 0.135 e. The lowest BCUT2D eigenvalue weighted by Gasteiger charge is -2.23. The highest BCUT2D eigenvalue weighted by atomic mass is 16.1. The van der Waals surface area contributed by atoms with Gasteiger partial charge in [-0.15, -0.1) is 0 Å². The molecule has 0 aromatic heterocycles. The topological polar surface area (TPSA) is 17.1 Å².